The summed E-state index contributed by atoms with van der Waals surface area (Å²) in [5, 5.41) is 14.8. The largest absolute Gasteiger partial charge is 0.473 e. The Morgan fingerprint density at radius 3 is 1.90 bits per heavy atom. The SMILES string of the molecule is CSc1ccc(CN2CCN(C(=O)c3ccccc3)CC2)cc1.O=C(O)C(=O)O. The van der Waals surface area contributed by atoms with Crippen molar-refractivity contribution in [3.05, 3.63) is 65.7 Å². The highest BCUT2D eigenvalue weighted by Gasteiger charge is 2.21. The smallest absolute Gasteiger partial charge is 0.414 e. The molecule has 1 amide bonds. The Hall–Kier alpha value is -2.84. The van der Waals surface area contributed by atoms with Crippen molar-refractivity contribution in [1.29, 1.82) is 0 Å². The number of benzene rings is 2. The third-order valence-electron chi connectivity index (χ3n) is 4.43. The molecule has 0 saturated carbocycles. The molecule has 1 saturated heterocycles. The molecule has 1 fully saturated rings. The second-order valence-corrected chi connectivity index (χ2v) is 7.27. The van der Waals surface area contributed by atoms with Crippen LogP contribution in [-0.4, -0.2) is 70.3 Å². The van der Waals surface area contributed by atoms with Gasteiger partial charge in [0, 0.05) is 43.2 Å². The van der Waals surface area contributed by atoms with Crippen molar-refractivity contribution in [2.24, 2.45) is 0 Å². The molecule has 0 unspecified atom stereocenters. The molecule has 1 heterocycles. The van der Waals surface area contributed by atoms with E-state index in [1.54, 1.807) is 11.8 Å². The number of carbonyl (C=O) groups excluding carboxylic acids is 1. The monoisotopic (exact) mass is 416 g/mol. The number of hydrogen-bond acceptors (Lipinski definition) is 5. The molecular formula is C21H24N2O5S. The van der Waals surface area contributed by atoms with Crippen molar-refractivity contribution in [3.63, 3.8) is 0 Å². The molecule has 0 radical (unpaired) electrons. The van der Waals surface area contributed by atoms with Gasteiger partial charge in [0.05, 0.1) is 0 Å². The third-order valence-corrected chi connectivity index (χ3v) is 5.17. The van der Waals surface area contributed by atoms with E-state index >= 15 is 0 Å². The average molecular weight is 416 g/mol. The molecule has 7 nitrogen and oxygen atoms in total. The highest BCUT2D eigenvalue weighted by molar-refractivity contribution is 7.98. The number of hydrogen-bond donors (Lipinski definition) is 2. The molecule has 3 rings (SSSR count). The molecular weight excluding hydrogens is 392 g/mol. The Balaban J connectivity index is 0.000000438. The maximum Gasteiger partial charge on any atom is 0.414 e. The predicted octanol–water partition coefficient (Wildman–Crippen LogP) is 2.52. The minimum Gasteiger partial charge on any atom is -0.473 e. The molecule has 2 N–H and O–H groups in total. The topological polar surface area (TPSA) is 98.2 Å². The van der Waals surface area contributed by atoms with Crippen molar-refractivity contribution >= 4 is 29.6 Å². The minimum absolute atomic E-state index is 0.148. The molecule has 0 aliphatic carbocycles. The zero-order valence-electron chi connectivity index (χ0n) is 16.2. The molecule has 2 aromatic rings. The van der Waals surface area contributed by atoms with E-state index < -0.39 is 11.9 Å². The summed E-state index contributed by atoms with van der Waals surface area (Å²) in [6.45, 7) is 4.43. The lowest BCUT2D eigenvalue weighted by Gasteiger charge is -2.34. The minimum atomic E-state index is -1.82. The van der Waals surface area contributed by atoms with E-state index in [2.05, 4.69) is 35.4 Å². The standard InChI is InChI=1S/C19H22N2OS.C2H2O4/c1-23-18-9-7-16(8-10-18)15-20-11-13-21(14-12-20)19(22)17-5-3-2-4-6-17;3-1(4)2(5)6/h2-10H,11-15H2,1H3;(H,3,4)(H,5,6). The normalized spacial score (nSPS) is 13.9. The summed E-state index contributed by atoms with van der Waals surface area (Å²) < 4.78 is 0. The van der Waals surface area contributed by atoms with Crippen LogP contribution < -0.4 is 0 Å². The molecule has 1 aliphatic heterocycles. The Morgan fingerprint density at radius 1 is 0.862 bits per heavy atom. The van der Waals surface area contributed by atoms with E-state index in [0.717, 1.165) is 38.3 Å². The highest BCUT2D eigenvalue weighted by atomic mass is 32.2. The van der Waals surface area contributed by atoms with Crippen LogP contribution in [0.5, 0.6) is 0 Å². The third kappa shape index (κ3) is 7.24. The molecule has 0 atom stereocenters. The fourth-order valence-electron chi connectivity index (χ4n) is 2.86. The van der Waals surface area contributed by atoms with Crippen molar-refractivity contribution in [2.45, 2.75) is 11.4 Å². The van der Waals surface area contributed by atoms with Gasteiger partial charge in [-0.3, -0.25) is 9.69 Å². The summed E-state index contributed by atoms with van der Waals surface area (Å²) in [5.41, 5.74) is 2.12. The number of piperazine rings is 1. The van der Waals surface area contributed by atoms with Gasteiger partial charge in [-0.15, -0.1) is 11.8 Å². The van der Waals surface area contributed by atoms with E-state index in [4.69, 9.17) is 19.8 Å². The van der Waals surface area contributed by atoms with E-state index in [1.165, 1.54) is 10.5 Å². The number of nitrogens with zero attached hydrogens (tertiary/aromatic N) is 2. The van der Waals surface area contributed by atoms with Crippen LogP contribution in [0.2, 0.25) is 0 Å². The van der Waals surface area contributed by atoms with Crippen LogP contribution in [0.15, 0.2) is 59.5 Å². The summed E-state index contributed by atoms with van der Waals surface area (Å²) >= 11 is 1.77. The molecule has 2 aromatic carbocycles. The van der Waals surface area contributed by atoms with Crippen LogP contribution >= 0.6 is 11.8 Å². The summed E-state index contributed by atoms with van der Waals surface area (Å²) in [5.74, 6) is -3.50. The number of carboxylic acid groups (broad SMARTS) is 2. The van der Waals surface area contributed by atoms with E-state index in [9.17, 15) is 4.79 Å². The molecule has 0 aromatic heterocycles. The first-order valence-corrected chi connectivity index (χ1v) is 10.3. The molecule has 1 aliphatic rings. The van der Waals surface area contributed by atoms with Crippen LogP contribution in [0.4, 0.5) is 0 Å². The lowest BCUT2D eigenvalue weighted by molar-refractivity contribution is -0.159. The summed E-state index contributed by atoms with van der Waals surface area (Å²) in [4.78, 5) is 36.3. The van der Waals surface area contributed by atoms with Gasteiger partial charge in [-0.1, -0.05) is 30.3 Å². The second kappa shape index (κ2) is 11.2. The van der Waals surface area contributed by atoms with Crippen molar-refractivity contribution in [1.82, 2.24) is 9.80 Å². The van der Waals surface area contributed by atoms with Crippen LogP contribution in [0.25, 0.3) is 0 Å². The number of carbonyl (C=O) groups is 3. The Bertz CT molecular complexity index is 807. The average Bonchev–Trinajstić information content (AvgIpc) is 2.75. The molecule has 8 heteroatoms. The number of amides is 1. The molecule has 0 spiro atoms. The van der Waals surface area contributed by atoms with E-state index in [0.29, 0.717) is 0 Å². The first-order valence-electron chi connectivity index (χ1n) is 9.06. The Labute approximate surface area is 173 Å². The van der Waals surface area contributed by atoms with Crippen LogP contribution in [-0.2, 0) is 16.1 Å². The molecule has 0 bridgehead atoms. The number of carboxylic acids is 2. The lowest BCUT2D eigenvalue weighted by atomic mass is 10.1. The zero-order chi connectivity index (χ0) is 21.2. The summed E-state index contributed by atoms with van der Waals surface area (Å²) in [6, 6.07) is 18.3. The van der Waals surface area contributed by atoms with Gasteiger partial charge in [-0.25, -0.2) is 9.59 Å². The zero-order valence-corrected chi connectivity index (χ0v) is 17.0. The van der Waals surface area contributed by atoms with E-state index in [1.807, 2.05) is 35.2 Å². The van der Waals surface area contributed by atoms with Gasteiger partial charge < -0.3 is 15.1 Å². The fourth-order valence-corrected chi connectivity index (χ4v) is 3.27. The van der Waals surface area contributed by atoms with Gasteiger partial charge >= 0.3 is 11.9 Å². The maximum absolute atomic E-state index is 12.4. The molecule has 154 valence electrons. The quantitative estimate of drug-likeness (QED) is 0.584. The van der Waals surface area contributed by atoms with Crippen LogP contribution in [0.3, 0.4) is 0 Å². The van der Waals surface area contributed by atoms with Crippen LogP contribution in [0.1, 0.15) is 15.9 Å². The van der Waals surface area contributed by atoms with Gasteiger partial charge in [0.15, 0.2) is 0 Å². The van der Waals surface area contributed by atoms with Gasteiger partial charge in [-0.05, 0) is 36.1 Å². The first kappa shape index (κ1) is 22.4. The van der Waals surface area contributed by atoms with Crippen molar-refractivity contribution < 1.29 is 24.6 Å². The van der Waals surface area contributed by atoms with Crippen molar-refractivity contribution in [2.75, 3.05) is 32.4 Å². The Kier molecular flexibility index (Phi) is 8.69. The number of thioether (sulfide) groups is 1. The highest BCUT2D eigenvalue weighted by Crippen LogP contribution is 2.17. The second-order valence-electron chi connectivity index (χ2n) is 6.39. The lowest BCUT2D eigenvalue weighted by Crippen LogP contribution is -2.48. The fraction of sp³-hybridized carbons (Fsp3) is 0.286. The summed E-state index contributed by atoms with van der Waals surface area (Å²) in [7, 11) is 0. The Morgan fingerprint density at radius 2 is 1.41 bits per heavy atom. The van der Waals surface area contributed by atoms with Crippen LogP contribution in [0, 0.1) is 0 Å². The van der Waals surface area contributed by atoms with Gasteiger partial charge in [0.25, 0.3) is 5.91 Å². The van der Waals surface area contributed by atoms with Gasteiger partial charge in [-0.2, -0.15) is 0 Å². The first-order chi connectivity index (χ1) is 13.9. The molecule has 29 heavy (non-hydrogen) atoms. The number of rotatable bonds is 4. The van der Waals surface area contributed by atoms with Crippen molar-refractivity contribution in [3.8, 4) is 0 Å². The summed E-state index contributed by atoms with van der Waals surface area (Å²) in [6.07, 6.45) is 2.10. The van der Waals surface area contributed by atoms with Gasteiger partial charge in [0.2, 0.25) is 0 Å². The van der Waals surface area contributed by atoms with E-state index in [-0.39, 0.29) is 5.91 Å². The number of aliphatic carboxylic acids is 2. The predicted molar refractivity (Wildman–Crippen MR) is 111 cm³/mol. The van der Waals surface area contributed by atoms with Gasteiger partial charge in [0.1, 0.15) is 0 Å². The maximum atomic E-state index is 12.4.